The van der Waals surface area contributed by atoms with Gasteiger partial charge in [-0.05, 0) is 45.3 Å². The van der Waals surface area contributed by atoms with Gasteiger partial charge in [0.05, 0.1) is 11.6 Å². The molecule has 1 N–H and O–H groups in total. The lowest BCUT2D eigenvalue weighted by atomic mass is 9.99. The van der Waals surface area contributed by atoms with Crippen LogP contribution in [0.3, 0.4) is 0 Å². The van der Waals surface area contributed by atoms with Gasteiger partial charge in [0, 0.05) is 31.6 Å². The first-order chi connectivity index (χ1) is 12.1. The van der Waals surface area contributed by atoms with E-state index in [0.717, 1.165) is 24.2 Å². The van der Waals surface area contributed by atoms with Crippen molar-refractivity contribution in [3.8, 4) is 11.5 Å². The number of rotatable bonds is 4. The summed E-state index contributed by atoms with van der Waals surface area (Å²) in [6.07, 6.45) is 2.36. The van der Waals surface area contributed by atoms with Crippen LogP contribution < -0.4 is 4.74 Å². The molecule has 0 bridgehead atoms. The number of halogens is 1. The molecule has 0 radical (unpaired) electrons. The Morgan fingerprint density at radius 3 is 2.72 bits per heavy atom. The van der Waals surface area contributed by atoms with E-state index in [-0.39, 0.29) is 11.5 Å². The molecule has 1 heterocycles. The number of phenols is 1. The fourth-order valence-electron chi connectivity index (χ4n) is 2.96. The average Bonchev–Trinajstić information content (AvgIpc) is 2.63. The molecule has 0 aliphatic carbocycles. The Hall–Kier alpha value is -2.11. The normalized spacial score (nSPS) is 17.0. The Balaban J connectivity index is 1.81. The van der Waals surface area contributed by atoms with Gasteiger partial charge in [0.1, 0.15) is 0 Å². The molecule has 0 atom stereocenters. The second-order valence-corrected chi connectivity index (χ2v) is 6.85. The van der Waals surface area contributed by atoms with Crippen LogP contribution in [0.4, 0.5) is 0 Å². The van der Waals surface area contributed by atoms with Crippen LogP contribution in [0, 0.1) is 0 Å². The third kappa shape index (κ3) is 4.11. The lowest BCUT2D eigenvalue weighted by Gasteiger charge is -2.28. The first-order valence-corrected chi connectivity index (χ1v) is 8.93. The summed E-state index contributed by atoms with van der Waals surface area (Å²) in [4.78, 5) is 14.6. The van der Waals surface area contributed by atoms with E-state index in [1.54, 1.807) is 6.07 Å². The molecule has 1 fully saturated rings. The average molecular weight is 402 g/mol. The SMILES string of the molecule is COc1ccc(/C=C2\CN(Cc3ccccc3)CCC2=O)c(Br)c1O. The highest BCUT2D eigenvalue weighted by atomic mass is 79.9. The van der Waals surface area contributed by atoms with Gasteiger partial charge in [0.15, 0.2) is 17.3 Å². The number of methoxy groups -OCH3 is 1. The zero-order chi connectivity index (χ0) is 17.8. The molecule has 2 aromatic carbocycles. The van der Waals surface area contributed by atoms with Crippen LogP contribution in [-0.2, 0) is 11.3 Å². The minimum atomic E-state index is 0.0428. The van der Waals surface area contributed by atoms with Crippen LogP contribution in [0.15, 0.2) is 52.5 Å². The molecule has 130 valence electrons. The van der Waals surface area contributed by atoms with E-state index in [0.29, 0.717) is 23.2 Å². The number of carbonyl (C=O) groups is 1. The van der Waals surface area contributed by atoms with E-state index in [1.165, 1.54) is 12.7 Å². The summed E-state index contributed by atoms with van der Waals surface area (Å²) in [5, 5.41) is 10.1. The Labute approximate surface area is 155 Å². The lowest BCUT2D eigenvalue weighted by Crippen LogP contribution is -2.35. The third-order valence-corrected chi connectivity index (χ3v) is 5.15. The number of likely N-dealkylation sites (tertiary alicyclic amines) is 1. The number of hydrogen-bond acceptors (Lipinski definition) is 4. The summed E-state index contributed by atoms with van der Waals surface area (Å²) in [5.74, 6) is 0.600. The fourth-order valence-corrected chi connectivity index (χ4v) is 3.40. The van der Waals surface area contributed by atoms with Gasteiger partial charge in [0.25, 0.3) is 0 Å². The second kappa shape index (κ2) is 7.85. The standard InChI is InChI=1S/C20H20BrNO3/c1-25-18-8-7-15(19(21)20(18)24)11-16-13-22(10-9-17(16)23)12-14-5-3-2-4-6-14/h2-8,11,24H,9-10,12-13H2,1H3/b16-11+. The molecule has 2 aromatic rings. The minimum absolute atomic E-state index is 0.0428. The molecule has 0 spiro atoms. The summed E-state index contributed by atoms with van der Waals surface area (Å²) in [5.41, 5.74) is 2.76. The highest BCUT2D eigenvalue weighted by Gasteiger charge is 2.22. The van der Waals surface area contributed by atoms with E-state index < -0.39 is 0 Å². The van der Waals surface area contributed by atoms with Crippen LogP contribution in [0.1, 0.15) is 17.5 Å². The maximum atomic E-state index is 12.3. The minimum Gasteiger partial charge on any atom is -0.503 e. The van der Waals surface area contributed by atoms with E-state index in [4.69, 9.17) is 4.74 Å². The summed E-state index contributed by atoms with van der Waals surface area (Å²) in [7, 11) is 1.51. The van der Waals surface area contributed by atoms with Crippen molar-refractivity contribution in [1.29, 1.82) is 0 Å². The largest absolute Gasteiger partial charge is 0.503 e. The number of phenolic OH excluding ortho intramolecular Hbond substituents is 1. The van der Waals surface area contributed by atoms with Crippen LogP contribution in [0.2, 0.25) is 0 Å². The van der Waals surface area contributed by atoms with E-state index >= 15 is 0 Å². The van der Waals surface area contributed by atoms with Gasteiger partial charge in [-0.15, -0.1) is 0 Å². The predicted octanol–water partition coefficient (Wildman–Crippen LogP) is 4.02. The zero-order valence-electron chi connectivity index (χ0n) is 14.0. The maximum absolute atomic E-state index is 12.3. The molecule has 3 rings (SSSR count). The van der Waals surface area contributed by atoms with Crippen molar-refractivity contribution >= 4 is 27.8 Å². The first kappa shape index (κ1) is 17.7. The molecule has 0 amide bonds. The monoisotopic (exact) mass is 401 g/mol. The quantitative estimate of drug-likeness (QED) is 0.785. The van der Waals surface area contributed by atoms with Gasteiger partial charge in [-0.3, -0.25) is 9.69 Å². The number of ether oxygens (including phenoxy) is 1. The molecule has 1 saturated heterocycles. The number of Topliss-reactive ketones (excluding diaryl/α,β-unsaturated/α-hetero) is 1. The van der Waals surface area contributed by atoms with Crippen LogP contribution in [-0.4, -0.2) is 36.0 Å². The number of hydrogen-bond donors (Lipinski definition) is 1. The Morgan fingerprint density at radius 1 is 1.24 bits per heavy atom. The molecule has 0 unspecified atom stereocenters. The van der Waals surface area contributed by atoms with E-state index in [2.05, 4.69) is 33.0 Å². The molecule has 0 saturated carbocycles. The summed E-state index contributed by atoms with van der Waals surface area (Å²) in [6, 6.07) is 13.8. The van der Waals surface area contributed by atoms with Gasteiger partial charge in [0.2, 0.25) is 0 Å². The number of benzene rings is 2. The molecule has 25 heavy (non-hydrogen) atoms. The van der Waals surface area contributed by atoms with Crippen molar-refractivity contribution in [1.82, 2.24) is 4.90 Å². The molecule has 4 nitrogen and oxygen atoms in total. The smallest absolute Gasteiger partial charge is 0.172 e. The fraction of sp³-hybridized carbons (Fsp3) is 0.250. The topological polar surface area (TPSA) is 49.8 Å². The van der Waals surface area contributed by atoms with E-state index in [1.807, 2.05) is 30.3 Å². The zero-order valence-corrected chi connectivity index (χ0v) is 15.6. The number of ketones is 1. The van der Waals surface area contributed by atoms with E-state index in [9.17, 15) is 9.90 Å². The van der Waals surface area contributed by atoms with Crippen LogP contribution >= 0.6 is 15.9 Å². The molecule has 1 aliphatic heterocycles. The van der Waals surface area contributed by atoms with Gasteiger partial charge in [-0.25, -0.2) is 0 Å². The predicted molar refractivity (Wildman–Crippen MR) is 102 cm³/mol. The van der Waals surface area contributed by atoms with Crippen molar-refractivity contribution in [2.24, 2.45) is 0 Å². The number of aromatic hydroxyl groups is 1. The molecule has 0 aromatic heterocycles. The van der Waals surface area contributed by atoms with Crippen molar-refractivity contribution in [3.05, 3.63) is 63.6 Å². The van der Waals surface area contributed by atoms with Crippen LogP contribution in [0.25, 0.3) is 6.08 Å². The molecular formula is C20H20BrNO3. The van der Waals surface area contributed by atoms with Crippen molar-refractivity contribution in [2.45, 2.75) is 13.0 Å². The van der Waals surface area contributed by atoms with Gasteiger partial charge in [-0.2, -0.15) is 0 Å². The van der Waals surface area contributed by atoms with Crippen molar-refractivity contribution in [3.63, 3.8) is 0 Å². The second-order valence-electron chi connectivity index (χ2n) is 6.06. The van der Waals surface area contributed by atoms with Crippen molar-refractivity contribution < 1.29 is 14.6 Å². The third-order valence-electron chi connectivity index (χ3n) is 4.31. The Bertz CT molecular complexity index is 802. The highest BCUT2D eigenvalue weighted by molar-refractivity contribution is 9.10. The molecule has 1 aliphatic rings. The van der Waals surface area contributed by atoms with Gasteiger partial charge < -0.3 is 9.84 Å². The Kier molecular flexibility index (Phi) is 5.56. The maximum Gasteiger partial charge on any atom is 0.172 e. The number of piperidine rings is 1. The molecule has 5 heteroatoms. The first-order valence-electron chi connectivity index (χ1n) is 8.14. The number of carbonyl (C=O) groups excluding carboxylic acids is 1. The Morgan fingerprint density at radius 2 is 2.00 bits per heavy atom. The number of nitrogens with zero attached hydrogens (tertiary/aromatic N) is 1. The van der Waals surface area contributed by atoms with Crippen molar-refractivity contribution in [2.75, 3.05) is 20.2 Å². The van der Waals surface area contributed by atoms with Gasteiger partial charge in [-0.1, -0.05) is 30.3 Å². The van der Waals surface area contributed by atoms with Crippen LogP contribution in [0.5, 0.6) is 11.5 Å². The van der Waals surface area contributed by atoms with Gasteiger partial charge >= 0.3 is 0 Å². The highest BCUT2D eigenvalue weighted by Crippen LogP contribution is 2.37. The summed E-state index contributed by atoms with van der Waals surface area (Å²) in [6.45, 7) is 2.19. The molecular weight excluding hydrogens is 382 g/mol. The summed E-state index contributed by atoms with van der Waals surface area (Å²) < 4.78 is 5.63. The summed E-state index contributed by atoms with van der Waals surface area (Å²) >= 11 is 3.39. The lowest BCUT2D eigenvalue weighted by molar-refractivity contribution is -0.117.